The summed E-state index contributed by atoms with van der Waals surface area (Å²) in [4.78, 5) is 17.1. The van der Waals surface area contributed by atoms with Crippen LogP contribution in [0.4, 0.5) is 5.69 Å². The number of nitrogens with zero attached hydrogens (tertiary/aromatic N) is 4. The van der Waals surface area contributed by atoms with Crippen molar-refractivity contribution in [2.24, 2.45) is 0 Å². The molecule has 0 aliphatic heterocycles. The molecule has 0 saturated heterocycles. The van der Waals surface area contributed by atoms with Crippen molar-refractivity contribution in [1.29, 1.82) is 0 Å². The highest BCUT2D eigenvalue weighted by Crippen LogP contribution is 2.22. The Bertz CT molecular complexity index is 1170. The summed E-state index contributed by atoms with van der Waals surface area (Å²) in [7, 11) is 0. The highest BCUT2D eigenvalue weighted by Gasteiger charge is 2.19. The molecule has 0 fully saturated rings. The Labute approximate surface area is 172 Å². The molecule has 29 heavy (non-hydrogen) atoms. The average molecular weight is 408 g/mol. The number of rotatable bonds is 5. The number of nitrogens with one attached hydrogen (secondary N) is 1. The van der Waals surface area contributed by atoms with Crippen LogP contribution in [-0.4, -0.2) is 25.9 Å². The number of halogens is 1. The lowest BCUT2D eigenvalue weighted by atomic mass is 10.2. The molecule has 1 N–H and O–H groups in total. The standard InChI is InChI=1S/C21H18ClN5O2/c1-13-19(20(28)23-17-10-6-9-16(22)11-17)25-26-27(13)12-18-14(2)29-21(24-18)15-7-4-3-5-8-15/h3-11H,12H2,1-2H3,(H,23,28). The van der Waals surface area contributed by atoms with Crippen LogP contribution >= 0.6 is 11.6 Å². The predicted octanol–water partition coefficient (Wildman–Crippen LogP) is 4.50. The van der Waals surface area contributed by atoms with Gasteiger partial charge in [-0.05, 0) is 44.2 Å². The molecule has 0 radical (unpaired) electrons. The fraction of sp³-hybridized carbons (Fsp3) is 0.143. The summed E-state index contributed by atoms with van der Waals surface area (Å²) >= 11 is 5.96. The second-order valence-electron chi connectivity index (χ2n) is 6.53. The summed E-state index contributed by atoms with van der Waals surface area (Å²) < 4.78 is 7.42. The SMILES string of the molecule is Cc1oc(-c2ccccc2)nc1Cn1nnc(C(=O)Nc2cccc(Cl)c2)c1C. The van der Waals surface area contributed by atoms with E-state index in [-0.39, 0.29) is 11.6 Å². The summed E-state index contributed by atoms with van der Waals surface area (Å²) in [6.45, 7) is 4.00. The Balaban J connectivity index is 1.53. The predicted molar refractivity (Wildman–Crippen MR) is 110 cm³/mol. The molecule has 4 rings (SSSR count). The third-order valence-electron chi connectivity index (χ3n) is 4.49. The molecule has 0 atom stereocenters. The van der Waals surface area contributed by atoms with E-state index in [4.69, 9.17) is 16.0 Å². The molecule has 0 saturated carbocycles. The van der Waals surface area contributed by atoms with E-state index in [1.165, 1.54) is 0 Å². The molecular formula is C21H18ClN5O2. The Hall–Kier alpha value is -3.45. The van der Waals surface area contributed by atoms with Crippen molar-refractivity contribution in [3.05, 3.63) is 82.5 Å². The van der Waals surface area contributed by atoms with Gasteiger partial charge in [-0.1, -0.05) is 41.1 Å². The van der Waals surface area contributed by atoms with Crippen molar-refractivity contribution < 1.29 is 9.21 Å². The lowest BCUT2D eigenvalue weighted by Crippen LogP contribution is -2.14. The number of aromatic nitrogens is 4. The molecule has 0 spiro atoms. The molecule has 8 heteroatoms. The minimum absolute atomic E-state index is 0.245. The van der Waals surface area contributed by atoms with Crippen LogP contribution in [0, 0.1) is 13.8 Å². The fourth-order valence-corrected chi connectivity index (χ4v) is 3.09. The van der Waals surface area contributed by atoms with Crippen LogP contribution in [0.5, 0.6) is 0 Å². The van der Waals surface area contributed by atoms with E-state index in [1.54, 1.807) is 35.9 Å². The zero-order chi connectivity index (χ0) is 20.4. The van der Waals surface area contributed by atoms with E-state index < -0.39 is 0 Å². The van der Waals surface area contributed by atoms with E-state index in [1.807, 2.05) is 37.3 Å². The lowest BCUT2D eigenvalue weighted by Gasteiger charge is -2.05. The molecule has 4 aromatic rings. The van der Waals surface area contributed by atoms with Gasteiger partial charge in [0, 0.05) is 16.3 Å². The van der Waals surface area contributed by atoms with Gasteiger partial charge in [0.2, 0.25) is 5.89 Å². The second-order valence-corrected chi connectivity index (χ2v) is 6.97. The van der Waals surface area contributed by atoms with Crippen LogP contribution in [0.2, 0.25) is 5.02 Å². The van der Waals surface area contributed by atoms with Crippen molar-refractivity contribution in [3.63, 3.8) is 0 Å². The smallest absolute Gasteiger partial charge is 0.278 e. The van der Waals surface area contributed by atoms with Crippen LogP contribution in [0.15, 0.2) is 59.0 Å². The number of anilines is 1. The third-order valence-corrected chi connectivity index (χ3v) is 4.73. The van der Waals surface area contributed by atoms with Gasteiger partial charge in [0.05, 0.1) is 12.2 Å². The zero-order valence-electron chi connectivity index (χ0n) is 15.9. The first-order chi connectivity index (χ1) is 14.0. The molecule has 0 aliphatic carbocycles. The number of carbonyl (C=O) groups is 1. The number of carbonyl (C=O) groups excluding carboxylic acids is 1. The first kappa shape index (κ1) is 18.9. The maximum Gasteiger partial charge on any atom is 0.278 e. The summed E-state index contributed by atoms with van der Waals surface area (Å²) in [5.74, 6) is 0.899. The van der Waals surface area contributed by atoms with E-state index in [0.29, 0.717) is 34.6 Å². The number of benzene rings is 2. The Morgan fingerprint density at radius 1 is 1.14 bits per heavy atom. The monoisotopic (exact) mass is 407 g/mol. The molecule has 2 aromatic heterocycles. The molecule has 146 valence electrons. The van der Waals surface area contributed by atoms with Gasteiger partial charge in [-0.25, -0.2) is 9.67 Å². The summed E-state index contributed by atoms with van der Waals surface area (Å²) in [5, 5.41) is 11.5. The Kier molecular flexibility index (Phi) is 5.14. The number of aryl methyl sites for hydroxylation is 1. The van der Waals surface area contributed by atoms with Crippen LogP contribution in [0.25, 0.3) is 11.5 Å². The van der Waals surface area contributed by atoms with Crippen LogP contribution in [0.3, 0.4) is 0 Å². The largest absolute Gasteiger partial charge is 0.441 e. The van der Waals surface area contributed by atoms with Crippen molar-refractivity contribution in [2.75, 3.05) is 5.32 Å². The molecule has 2 heterocycles. The molecular weight excluding hydrogens is 390 g/mol. The van der Waals surface area contributed by atoms with Gasteiger partial charge >= 0.3 is 0 Å². The van der Waals surface area contributed by atoms with Gasteiger partial charge in [-0.3, -0.25) is 4.79 Å². The molecule has 1 amide bonds. The Morgan fingerprint density at radius 3 is 2.69 bits per heavy atom. The van der Waals surface area contributed by atoms with Gasteiger partial charge in [0.15, 0.2) is 5.69 Å². The minimum atomic E-state index is -0.349. The van der Waals surface area contributed by atoms with Crippen molar-refractivity contribution in [2.45, 2.75) is 20.4 Å². The van der Waals surface area contributed by atoms with Gasteiger partial charge in [-0.2, -0.15) is 0 Å². The summed E-state index contributed by atoms with van der Waals surface area (Å²) in [6, 6.07) is 16.6. The third kappa shape index (κ3) is 4.05. The van der Waals surface area contributed by atoms with Gasteiger partial charge in [-0.15, -0.1) is 5.10 Å². The van der Waals surface area contributed by atoms with Crippen LogP contribution < -0.4 is 5.32 Å². The van der Waals surface area contributed by atoms with E-state index in [2.05, 4.69) is 20.6 Å². The number of amides is 1. The normalized spacial score (nSPS) is 10.9. The lowest BCUT2D eigenvalue weighted by molar-refractivity contribution is 0.102. The maximum atomic E-state index is 12.6. The number of oxazole rings is 1. The minimum Gasteiger partial charge on any atom is -0.441 e. The van der Waals surface area contributed by atoms with Crippen LogP contribution in [0.1, 0.15) is 27.6 Å². The fourth-order valence-electron chi connectivity index (χ4n) is 2.90. The molecule has 7 nitrogen and oxygen atoms in total. The first-order valence-corrected chi connectivity index (χ1v) is 9.38. The molecule has 0 bridgehead atoms. The molecule has 0 aliphatic rings. The first-order valence-electron chi connectivity index (χ1n) is 9.00. The van der Waals surface area contributed by atoms with E-state index >= 15 is 0 Å². The highest BCUT2D eigenvalue weighted by atomic mass is 35.5. The van der Waals surface area contributed by atoms with Gasteiger partial charge < -0.3 is 9.73 Å². The van der Waals surface area contributed by atoms with Crippen molar-refractivity contribution >= 4 is 23.2 Å². The highest BCUT2D eigenvalue weighted by molar-refractivity contribution is 6.30. The topological polar surface area (TPSA) is 85.8 Å². The average Bonchev–Trinajstić information content (AvgIpc) is 3.26. The van der Waals surface area contributed by atoms with Crippen LogP contribution in [-0.2, 0) is 6.54 Å². The van der Waals surface area contributed by atoms with E-state index in [9.17, 15) is 4.79 Å². The van der Waals surface area contributed by atoms with Crippen molar-refractivity contribution in [1.82, 2.24) is 20.0 Å². The maximum absolute atomic E-state index is 12.6. The van der Waals surface area contributed by atoms with Gasteiger partial charge in [0.1, 0.15) is 11.5 Å². The number of hydrogen-bond donors (Lipinski definition) is 1. The van der Waals surface area contributed by atoms with Crippen molar-refractivity contribution in [3.8, 4) is 11.5 Å². The quantitative estimate of drug-likeness (QED) is 0.526. The Morgan fingerprint density at radius 2 is 1.93 bits per heavy atom. The summed E-state index contributed by atoms with van der Waals surface area (Å²) in [6.07, 6.45) is 0. The zero-order valence-corrected chi connectivity index (χ0v) is 16.6. The van der Waals surface area contributed by atoms with Gasteiger partial charge in [0.25, 0.3) is 5.91 Å². The molecule has 2 aromatic carbocycles. The second kappa shape index (κ2) is 7.89. The summed E-state index contributed by atoms with van der Waals surface area (Å²) in [5.41, 5.74) is 3.11. The van der Waals surface area contributed by atoms with E-state index in [0.717, 1.165) is 11.3 Å². The number of hydrogen-bond acceptors (Lipinski definition) is 5. The molecule has 0 unspecified atom stereocenters.